The first-order valence-corrected chi connectivity index (χ1v) is 13.6. The van der Waals surface area contributed by atoms with Crippen LogP contribution in [-0.2, 0) is 9.59 Å². The van der Waals surface area contributed by atoms with E-state index in [0.717, 1.165) is 4.90 Å². The molecule has 0 saturated carbocycles. The molecule has 4 rings (SSSR count). The smallest absolute Gasteiger partial charge is 0.272 e. The summed E-state index contributed by atoms with van der Waals surface area (Å²) in [7, 11) is 0. The zero-order chi connectivity index (χ0) is 28.5. The Morgan fingerprint density at radius 2 is 1.45 bits per heavy atom. The highest BCUT2D eigenvalue weighted by molar-refractivity contribution is 8.00. The van der Waals surface area contributed by atoms with Gasteiger partial charge in [-0.15, -0.1) is 11.8 Å². The molecule has 4 aromatic carbocycles. The number of hydrogen-bond donors (Lipinski definition) is 3. The van der Waals surface area contributed by atoms with E-state index in [1.165, 1.54) is 36.0 Å². The maximum atomic E-state index is 14.3. The van der Waals surface area contributed by atoms with Crippen molar-refractivity contribution in [2.45, 2.75) is 4.90 Å². The number of carbonyl (C=O) groups is 3. The molecule has 0 unspecified atom stereocenters. The van der Waals surface area contributed by atoms with Crippen molar-refractivity contribution >= 4 is 70.1 Å². The number of carbonyl (C=O) groups excluding carboxylic acids is 3. The molecule has 0 heterocycles. The number of thioether (sulfide) groups is 1. The summed E-state index contributed by atoms with van der Waals surface area (Å²) < 4.78 is 14.3. The SMILES string of the molecule is O=C(CSc1ccc(NC(=O)/C(=C/c2ccccc2F)NC(=O)c2ccccc2)cc1)Nc1ccc(Cl)c(Cl)c1. The highest BCUT2D eigenvalue weighted by atomic mass is 35.5. The Kier molecular flexibility index (Phi) is 9.96. The van der Waals surface area contributed by atoms with Crippen LogP contribution in [0.5, 0.6) is 0 Å². The minimum absolute atomic E-state index is 0.128. The molecule has 0 aliphatic heterocycles. The first kappa shape index (κ1) is 28.9. The van der Waals surface area contributed by atoms with Crippen LogP contribution >= 0.6 is 35.0 Å². The van der Waals surface area contributed by atoms with Gasteiger partial charge in [-0.2, -0.15) is 0 Å². The minimum Gasteiger partial charge on any atom is -0.325 e. The van der Waals surface area contributed by atoms with Gasteiger partial charge in [0.2, 0.25) is 5.91 Å². The van der Waals surface area contributed by atoms with Gasteiger partial charge >= 0.3 is 0 Å². The van der Waals surface area contributed by atoms with E-state index >= 15 is 0 Å². The van der Waals surface area contributed by atoms with Gasteiger partial charge in [0.1, 0.15) is 11.5 Å². The van der Waals surface area contributed by atoms with Crippen LogP contribution in [-0.4, -0.2) is 23.5 Å². The monoisotopic (exact) mass is 593 g/mol. The summed E-state index contributed by atoms with van der Waals surface area (Å²) in [5, 5.41) is 8.79. The Labute approximate surface area is 244 Å². The van der Waals surface area contributed by atoms with Gasteiger partial charge in [-0.25, -0.2) is 4.39 Å². The van der Waals surface area contributed by atoms with Crippen molar-refractivity contribution < 1.29 is 18.8 Å². The highest BCUT2D eigenvalue weighted by Gasteiger charge is 2.16. The molecule has 40 heavy (non-hydrogen) atoms. The van der Waals surface area contributed by atoms with Crippen molar-refractivity contribution in [3.8, 4) is 0 Å². The number of anilines is 2. The summed E-state index contributed by atoms with van der Waals surface area (Å²) in [6.07, 6.45) is 1.28. The Bertz CT molecular complexity index is 1560. The lowest BCUT2D eigenvalue weighted by atomic mass is 10.1. The lowest BCUT2D eigenvalue weighted by Gasteiger charge is -2.12. The van der Waals surface area contributed by atoms with Gasteiger partial charge in [0, 0.05) is 27.4 Å². The Hall–Kier alpha value is -4.11. The fourth-order valence-corrected chi connectivity index (χ4v) is 4.44. The molecule has 0 aliphatic carbocycles. The Morgan fingerprint density at radius 3 is 2.15 bits per heavy atom. The summed E-state index contributed by atoms with van der Waals surface area (Å²) in [6, 6.07) is 26.0. The predicted molar refractivity (Wildman–Crippen MR) is 159 cm³/mol. The average molecular weight is 594 g/mol. The predicted octanol–water partition coefficient (Wildman–Crippen LogP) is 7.27. The summed E-state index contributed by atoms with van der Waals surface area (Å²) in [4.78, 5) is 38.9. The van der Waals surface area contributed by atoms with E-state index in [9.17, 15) is 18.8 Å². The van der Waals surface area contributed by atoms with Crippen molar-refractivity contribution in [1.29, 1.82) is 0 Å². The molecule has 4 aromatic rings. The molecule has 3 amide bonds. The molecule has 202 valence electrons. The molecule has 3 N–H and O–H groups in total. The topological polar surface area (TPSA) is 87.3 Å². The first-order chi connectivity index (χ1) is 19.3. The second kappa shape index (κ2) is 13.8. The highest BCUT2D eigenvalue weighted by Crippen LogP contribution is 2.26. The second-order valence-electron chi connectivity index (χ2n) is 8.34. The third-order valence-electron chi connectivity index (χ3n) is 5.42. The van der Waals surface area contributed by atoms with E-state index < -0.39 is 17.6 Å². The summed E-state index contributed by atoms with van der Waals surface area (Å²) >= 11 is 13.2. The molecule has 0 atom stereocenters. The quantitative estimate of drug-likeness (QED) is 0.141. The molecule has 0 radical (unpaired) electrons. The van der Waals surface area contributed by atoms with E-state index in [4.69, 9.17) is 23.2 Å². The van der Waals surface area contributed by atoms with Gasteiger partial charge in [0.05, 0.1) is 15.8 Å². The third kappa shape index (κ3) is 8.19. The zero-order valence-corrected chi connectivity index (χ0v) is 23.1. The Morgan fingerprint density at radius 1 is 0.775 bits per heavy atom. The van der Waals surface area contributed by atoms with Crippen molar-refractivity contribution in [2.24, 2.45) is 0 Å². The van der Waals surface area contributed by atoms with Crippen LogP contribution in [0, 0.1) is 5.82 Å². The number of benzene rings is 4. The maximum Gasteiger partial charge on any atom is 0.272 e. The van der Waals surface area contributed by atoms with Gasteiger partial charge in [0.25, 0.3) is 11.8 Å². The fourth-order valence-electron chi connectivity index (χ4n) is 3.44. The summed E-state index contributed by atoms with van der Waals surface area (Å²) in [5.74, 6) is -1.75. The van der Waals surface area contributed by atoms with E-state index in [1.54, 1.807) is 78.9 Å². The first-order valence-electron chi connectivity index (χ1n) is 11.9. The maximum absolute atomic E-state index is 14.3. The minimum atomic E-state index is -0.631. The zero-order valence-electron chi connectivity index (χ0n) is 20.8. The molecule has 0 fully saturated rings. The van der Waals surface area contributed by atoms with E-state index in [0.29, 0.717) is 27.0 Å². The lowest BCUT2D eigenvalue weighted by molar-refractivity contribution is -0.114. The van der Waals surface area contributed by atoms with Gasteiger partial charge in [-0.3, -0.25) is 14.4 Å². The van der Waals surface area contributed by atoms with Crippen molar-refractivity contribution in [2.75, 3.05) is 16.4 Å². The van der Waals surface area contributed by atoms with Crippen LogP contribution in [0.25, 0.3) is 6.08 Å². The number of amides is 3. The molecule has 6 nitrogen and oxygen atoms in total. The van der Waals surface area contributed by atoms with E-state index in [1.807, 2.05) is 0 Å². The van der Waals surface area contributed by atoms with Crippen LogP contribution in [0.4, 0.5) is 15.8 Å². The number of rotatable bonds is 9. The second-order valence-corrected chi connectivity index (χ2v) is 10.2. The van der Waals surface area contributed by atoms with Gasteiger partial charge in [-0.1, -0.05) is 59.6 Å². The molecule has 0 spiro atoms. The van der Waals surface area contributed by atoms with Crippen molar-refractivity contribution in [1.82, 2.24) is 5.32 Å². The Balaban J connectivity index is 1.40. The summed E-state index contributed by atoms with van der Waals surface area (Å²) in [6.45, 7) is 0. The molecular formula is C30H22Cl2FN3O3S. The van der Waals surface area contributed by atoms with Gasteiger partial charge in [0.15, 0.2) is 0 Å². The van der Waals surface area contributed by atoms with Gasteiger partial charge in [-0.05, 0) is 66.7 Å². The standard InChI is InChI=1S/C30H22Cl2FN3O3S/c31-24-15-12-22(17-25(24)32)34-28(37)18-40-23-13-10-21(11-14-23)35-30(39)27(16-20-8-4-5-9-26(20)33)36-29(38)19-6-2-1-3-7-19/h1-17H,18H2,(H,34,37)(H,35,39)(H,36,38)/b27-16-. The molecule has 0 aromatic heterocycles. The number of halogens is 3. The van der Waals surface area contributed by atoms with Gasteiger partial charge < -0.3 is 16.0 Å². The van der Waals surface area contributed by atoms with Crippen LogP contribution in [0.2, 0.25) is 10.0 Å². The molecule has 0 saturated heterocycles. The summed E-state index contributed by atoms with van der Waals surface area (Å²) in [5.41, 5.74) is 1.35. The van der Waals surface area contributed by atoms with Crippen LogP contribution < -0.4 is 16.0 Å². The van der Waals surface area contributed by atoms with E-state index in [2.05, 4.69) is 16.0 Å². The van der Waals surface area contributed by atoms with Crippen LogP contribution in [0.1, 0.15) is 15.9 Å². The van der Waals surface area contributed by atoms with Crippen LogP contribution in [0.15, 0.2) is 108 Å². The average Bonchev–Trinajstić information content (AvgIpc) is 2.96. The molecule has 10 heteroatoms. The number of hydrogen-bond acceptors (Lipinski definition) is 4. The van der Waals surface area contributed by atoms with Crippen molar-refractivity contribution in [3.63, 3.8) is 0 Å². The normalized spacial score (nSPS) is 11.0. The fraction of sp³-hybridized carbons (Fsp3) is 0.0333. The largest absolute Gasteiger partial charge is 0.325 e. The van der Waals surface area contributed by atoms with Crippen LogP contribution in [0.3, 0.4) is 0 Å². The lowest BCUT2D eigenvalue weighted by Crippen LogP contribution is -2.30. The van der Waals surface area contributed by atoms with Crippen molar-refractivity contribution in [3.05, 3.63) is 130 Å². The molecular weight excluding hydrogens is 572 g/mol. The molecule has 0 aliphatic rings. The number of nitrogens with one attached hydrogen (secondary N) is 3. The third-order valence-corrected chi connectivity index (χ3v) is 7.17. The van der Waals surface area contributed by atoms with E-state index in [-0.39, 0.29) is 22.9 Å². The molecule has 0 bridgehead atoms.